The lowest BCUT2D eigenvalue weighted by Crippen LogP contribution is -2.24. The lowest BCUT2D eigenvalue weighted by atomic mass is 10.2. The van der Waals surface area contributed by atoms with Gasteiger partial charge < -0.3 is 5.32 Å². The molecule has 18 heavy (non-hydrogen) atoms. The highest BCUT2D eigenvalue weighted by molar-refractivity contribution is 5.34. The molecular formula is C9H9F6N3. The standard InChI is InChI=1S/C9H9F6N3/c1-5(4-8(10,11)12)16-7-3-2-6(17-18-7)9(13,14)15/h2-3,5H,4H2,1H3,(H,16,18). The molecule has 0 aliphatic heterocycles. The highest BCUT2D eigenvalue weighted by Crippen LogP contribution is 2.27. The summed E-state index contributed by atoms with van der Waals surface area (Å²) >= 11 is 0. The first-order valence-corrected chi connectivity index (χ1v) is 4.82. The van der Waals surface area contributed by atoms with E-state index in [1.807, 2.05) is 0 Å². The van der Waals surface area contributed by atoms with Crippen LogP contribution in [0.5, 0.6) is 0 Å². The van der Waals surface area contributed by atoms with Crippen LogP contribution in [-0.4, -0.2) is 22.4 Å². The number of nitrogens with one attached hydrogen (secondary N) is 1. The van der Waals surface area contributed by atoms with Crippen LogP contribution >= 0.6 is 0 Å². The van der Waals surface area contributed by atoms with Crippen molar-refractivity contribution in [3.63, 3.8) is 0 Å². The molecule has 1 aromatic heterocycles. The van der Waals surface area contributed by atoms with Gasteiger partial charge in [-0.2, -0.15) is 26.3 Å². The first kappa shape index (κ1) is 14.5. The van der Waals surface area contributed by atoms with Crippen molar-refractivity contribution in [2.75, 3.05) is 5.32 Å². The number of alkyl halides is 6. The first-order valence-electron chi connectivity index (χ1n) is 4.82. The van der Waals surface area contributed by atoms with E-state index in [9.17, 15) is 26.3 Å². The van der Waals surface area contributed by atoms with Crippen LogP contribution in [0, 0.1) is 0 Å². The van der Waals surface area contributed by atoms with Gasteiger partial charge in [0.2, 0.25) is 0 Å². The van der Waals surface area contributed by atoms with Gasteiger partial charge in [0.25, 0.3) is 0 Å². The minimum absolute atomic E-state index is 0.139. The highest BCUT2D eigenvalue weighted by atomic mass is 19.4. The molecule has 1 heterocycles. The molecule has 0 spiro atoms. The predicted molar refractivity (Wildman–Crippen MR) is 50.8 cm³/mol. The van der Waals surface area contributed by atoms with E-state index in [2.05, 4.69) is 15.5 Å². The summed E-state index contributed by atoms with van der Waals surface area (Å²) in [5.74, 6) is -0.139. The van der Waals surface area contributed by atoms with Gasteiger partial charge >= 0.3 is 12.4 Å². The average molecular weight is 273 g/mol. The smallest absolute Gasteiger partial charge is 0.366 e. The largest absolute Gasteiger partial charge is 0.435 e. The summed E-state index contributed by atoms with van der Waals surface area (Å²) in [7, 11) is 0. The minimum atomic E-state index is -4.62. The van der Waals surface area contributed by atoms with Crippen LogP contribution in [0.1, 0.15) is 19.0 Å². The van der Waals surface area contributed by atoms with Gasteiger partial charge in [-0.1, -0.05) is 0 Å². The zero-order chi connectivity index (χ0) is 14.0. The van der Waals surface area contributed by atoms with Crippen molar-refractivity contribution in [3.8, 4) is 0 Å². The number of rotatable bonds is 3. The fraction of sp³-hybridized carbons (Fsp3) is 0.556. The Bertz CT molecular complexity index is 383. The molecule has 0 amide bonds. The molecule has 0 saturated heterocycles. The zero-order valence-electron chi connectivity index (χ0n) is 9.10. The van der Waals surface area contributed by atoms with Crippen LogP contribution in [0.3, 0.4) is 0 Å². The monoisotopic (exact) mass is 273 g/mol. The molecule has 9 heteroatoms. The van der Waals surface area contributed by atoms with Gasteiger partial charge in [0.15, 0.2) is 5.69 Å². The molecular weight excluding hydrogens is 264 g/mol. The van der Waals surface area contributed by atoms with E-state index >= 15 is 0 Å². The van der Waals surface area contributed by atoms with Crippen LogP contribution in [0.15, 0.2) is 12.1 Å². The normalized spacial score (nSPS) is 14.4. The highest BCUT2D eigenvalue weighted by Gasteiger charge is 2.33. The average Bonchev–Trinajstić information content (AvgIpc) is 2.13. The summed E-state index contributed by atoms with van der Waals surface area (Å²) in [6, 6.07) is 0.578. The maximum atomic E-state index is 12.1. The Balaban J connectivity index is 2.64. The molecule has 0 radical (unpaired) electrons. The maximum absolute atomic E-state index is 12.1. The summed E-state index contributed by atoms with van der Waals surface area (Å²) in [6.07, 6.45) is -10.1. The second-order valence-corrected chi connectivity index (χ2v) is 3.67. The molecule has 0 saturated carbocycles. The van der Waals surface area contributed by atoms with Crippen molar-refractivity contribution < 1.29 is 26.3 Å². The Morgan fingerprint density at radius 1 is 1.11 bits per heavy atom. The molecule has 1 aromatic rings. The van der Waals surface area contributed by atoms with Crippen molar-refractivity contribution in [1.82, 2.24) is 10.2 Å². The molecule has 102 valence electrons. The third-order valence-electron chi connectivity index (χ3n) is 1.89. The number of aromatic nitrogens is 2. The topological polar surface area (TPSA) is 37.8 Å². The second-order valence-electron chi connectivity index (χ2n) is 3.67. The van der Waals surface area contributed by atoms with E-state index in [0.29, 0.717) is 6.07 Å². The van der Waals surface area contributed by atoms with Gasteiger partial charge in [-0.25, -0.2) is 0 Å². The van der Waals surface area contributed by atoms with Gasteiger partial charge in [-0.05, 0) is 19.1 Å². The maximum Gasteiger partial charge on any atom is 0.435 e. The van der Waals surface area contributed by atoms with Crippen LogP contribution in [0.25, 0.3) is 0 Å². The van der Waals surface area contributed by atoms with Crippen molar-refractivity contribution in [3.05, 3.63) is 17.8 Å². The Kier molecular flexibility index (Phi) is 4.02. The molecule has 0 bridgehead atoms. The van der Waals surface area contributed by atoms with E-state index in [1.165, 1.54) is 6.92 Å². The summed E-state index contributed by atoms with van der Waals surface area (Å²) < 4.78 is 72.4. The second kappa shape index (κ2) is 4.99. The van der Waals surface area contributed by atoms with Crippen LogP contribution in [0.2, 0.25) is 0 Å². The van der Waals surface area contributed by atoms with Crippen molar-refractivity contribution >= 4 is 5.82 Å². The molecule has 1 unspecified atom stereocenters. The molecule has 3 nitrogen and oxygen atoms in total. The number of nitrogens with zero attached hydrogens (tertiary/aromatic N) is 2. The summed E-state index contributed by atoms with van der Waals surface area (Å²) in [6.45, 7) is 1.24. The van der Waals surface area contributed by atoms with Crippen LogP contribution in [-0.2, 0) is 6.18 Å². The van der Waals surface area contributed by atoms with E-state index in [-0.39, 0.29) is 5.82 Å². The quantitative estimate of drug-likeness (QED) is 0.859. The number of hydrogen-bond donors (Lipinski definition) is 1. The van der Waals surface area contributed by atoms with E-state index in [1.54, 1.807) is 0 Å². The fourth-order valence-electron chi connectivity index (χ4n) is 1.21. The fourth-order valence-corrected chi connectivity index (χ4v) is 1.21. The van der Waals surface area contributed by atoms with Crippen LogP contribution < -0.4 is 5.32 Å². The predicted octanol–water partition coefficient (Wildman–Crippen LogP) is 3.25. The van der Waals surface area contributed by atoms with Gasteiger partial charge in [0, 0.05) is 6.04 Å². The Hall–Kier alpha value is -1.54. The molecule has 0 aliphatic carbocycles. The van der Waals surface area contributed by atoms with Gasteiger partial charge in [0.05, 0.1) is 6.42 Å². The Morgan fingerprint density at radius 2 is 1.72 bits per heavy atom. The number of halogens is 6. The van der Waals surface area contributed by atoms with E-state index in [0.717, 1.165) is 6.07 Å². The van der Waals surface area contributed by atoms with Crippen molar-refractivity contribution in [2.24, 2.45) is 0 Å². The first-order chi connectivity index (χ1) is 8.08. The SMILES string of the molecule is CC(CC(F)(F)F)Nc1ccc(C(F)(F)F)nn1. The minimum Gasteiger partial charge on any atom is -0.366 e. The Labute approximate surface area is 98.2 Å². The molecule has 0 aliphatic rings. The molecule has 1 N–H and O–H groups in total. The third-order valence-corrected chi connectivity index (χ3v) is 1.89. The lowest BCUT2D eigenvalue weighted by molar-refractivity contribution is -0.141. The molecule has 1 atom stereocenters. The van der Waals surface area contributed by atoms with Gasteiger partial charge in [-0.15, -0.1) is 10.2 Å². The third kappa shape index (κ3) is 4.76. The van der Waals surface area contributed by atoms with Gasteiger partial charge in [0.1, 0.15) is 5.82 Å². The summed E-state index contributed by atoms with van der Waals surface area (Å²) in [5, 5.41) is 8.36. The molecule has 0 fully saturated rings. The summed E-state index contributed by atoms with van der Waals surface area (Å²) in [4.78, 5) is 0. The number of anilines is 1. The molecule has 1 rings (SSSR count). The van der Waals surface area contributed by atoms with E-state index in [4.69, 9.17) is 0 Å². The van der Waals surface area contributed by atoms with Crippen molar-refractivity contribution in [2.45, 2.75) is 31.7 Å². The molecule has 0 aromatic carbocycles. The Morgan fingerprint density at radius 3 is 2.11 bits per heavy atom. The van der Waals surface area contributed by atoms with Crippen LogP contribution in [0.4, 0.5) is 32.2 Å². The van der Waals surface area contributed by atoms with Crippen molar-refractivity contribution in [1.29, 1.82) is 0 Å². The van der Waals surface area contributed by atoms with Gasteiger partial charge in [-0.3, -0.25) is 0 Å². The van der Waals surface area contributed by atoms with E-state index < -0.39 is 30.5 Å². The summed E-state index contributed by atoms with van der Waals surface area (Å²) in [5.41, 5.74) is -1.20. The lowest BCUT2D eigenvalue weighted by Gasteiger charge is -2.16. The zero-order valence-corrected chi connectivity index (χ0v) is 9.10. The number of hydrogen-bond acceptors (Lipinski definition) is 3.